The van der Waals surface area contributed by atoms with E-state index < -0.39 is 47.5 Å². The molecule has 7 heteroatoms. The Hall–Kier alpha value is -1.51. The molecule has 29 heavy (non-hydrogen) atoms. The van der Waals surface area contributed by atoms with Gasteiger partial charge >= 0.3 is 5.97 Å². The molecule has 6 atom stereocenters. The summed E-state index contributed by atoms with van der Waals surface area (Å²) >= 11 is 0. The summed E-state index contributed by atoms with van der Waals surface area (Å²) in [6, 6.07) is 5.92. The predicted molar refractivity (Wildman–Crippen MR) is 105 cm³/mol. The fourth-order valence-electron chi connectivity index (χ4n) is 4.85. The number of benzene rings is 1. The standard InChI is InChI=1S/C22H32O7/c1-12-18(25)19(26)20(27)22(28,29-12)16-6-4-5-14-8-7-13(9-15(14)16)10-21(2,3)11-17(23)24/h7-9,12,16,18-20,25-28H,4-6,10-11H2,1-3H3,(H,23,24)/t12-,16+,18+,19+,20-,22+/m0/s1. The van der Waals surface area contributed by atoms with Crippen LogP contribution >= 0.6 is 0 Å². The molecule has 1 aromatic carbocycles. The molecule has 1 aromatic rings. The minimum absolute atomic E-state index is 0.0425. The number of hydrogen-bond acceptors (Lipinski definition) is 6. The number of carboxylic acids is 1. The van der Waals surface area contributed by atoms with Crippen molar-refractivity contribution in [3.8, 4) is 0 Å². The topological polar surface area (TPSA) is 127 Å². The van der Waals surface area contributed by atoms with Gasteiger partial charge in [0.15, 0.2) is 0 Å². The van der Waals surface area contributed by atoms with Gasteiger partial charge in [0.1, 0.15) is 18.3 Å². The second-order valence-corrected chi connectivity index (χ2v) is 9.39. The molecule has 1 fully saturated rings. The largest absolute Gasteiger partial charge is 0.481 e. The van der Waals surface area contributed by atoms with Crippen LogP contribution in [0.2, 0.25) is 0 Å². The van der Waals surface area contributed by atoms with E-state index in [4.69, 9.17) is 9.84 Å². The molecule has 0 amide bonds. The highest BCUT2D eigenvalue weighted by atomic mass is 16.7. The Morgan fingerprint density at radius 2 is 1.93 bits per heavy atom. The van der Waals surface area contributed by atoms with Gasteiger partial charge in [0.25, 0.3) is 0 Å². The first-order valence-corrected chi connectivity index (χ1v) is 10.2. The van der Waals surface area contributed by atoms with Crippen molar-refractivity contribution in [2.45, 2.75) is 89.0 Å². The summed E-state index contributed by atoms with van der Waals surface area (Å²) in [5.74, 6) is -3.42. The van der Waals surface area contributed by atoms with E-state index in [9.17, 15) is 25.2 Å². The Morgan fingerprint density at radius 1 is 1.24 bits per heavy atom. The van der Waals surface area contributed by atoms with Gasteiger partial charge in [0.05, 0.1) is 12.5 Å². The lowest BCUT2D eigenvalue weighted by Gasteiger charge is -2.49. The maximum absolute atomic E-state index is 11.3. The minimum atomic E-state index is -2.01. The third-order valence-electron chi connectivity index (χ3n) is 6.29. The van der Waals surface area contributed by atoms with E-state index in [1.54, 1.807) is 6.92 Å². The summed E-state index contributed by atoms with van der Waals surface area (Å²) in [5.41, 5.74) is 2.40. The predicted octanol–water partition coefficient (Wildman–Crippen LogP) is 1.34. The summed E-state index contributed by atoms with van der Waals surface area (Å²) in [7, 11) is 0. The van der Waals surface area contributed by atoms with Gasteiger partial charge in [-0.15, -0.1) is 0 Å². The van der Waals surface area contributed by atoms with Crippen molar-refractivity contribution in [1.82, 2.24) is 0 Å². The number of aryl methyl sites for hydroxylation is 1. The molecule has 1 saturated heterocycles. The van der Waals surface area contributed by atoms with Crippen molar-refractivity contribution in [3.05, 3.63) is 34.9 Å². The van der Waals surface area contributed by atoms with Crippen LogP contribution in [0.15, 0.2) is 18.2 Å². The number of aliphatic carboxylic acids is 1. The SMILES string of the molecule is C[C@@H]1O[C@](O)([C@@H]2CCCc3ccc(CC(C)(C)CC(=O)O)cc32)[C@@H](O)[C@H](O)[C@@H]1O. The second kappa shape index (κ2) is 7.96. The highest BCUT2D eigenvalue weighted by Gasteiger charge is 2.56. The van der Waals surface area contributed by atoms with Crippen LogP contribution in [0.4, 0.5) is 0 Å². The van der Waals surface area contributed by atoms with E-state index in [-0.39, 0.29) is 6.42 Å². The minimum Gasteiger partial charge on any atom is -0.481 e. The molecule has 3 rings (SSSR count). The smallest absolute Gasteiger partial charge is 0.303 e. The van der Waals surface area contributed by atoms with Crippen LogP contribution in [-0.4, -0.2) is 61.7 Å². The van der Waals surface area contributed by atoms with Crippen molar-refractivity contribution in [1.29, 1.82) is 0 Å². The lowest BCUT2D eigenvalue weighted by molar-refractivity contribution is -0.352. The molecule has 0 saturated carbocycles. The molecule has 0 unspecified atom stereocenters. The Bertz CT molecular complexity index is 762. The first-order valence-electron chi connectivity index (χ1n) is 10.2. The van der Waals surface area contributed by atoms with E-state index in [2.05, 4.69) is 0 Å². The molecule has 0 bridgehead atoms. The maximum Gasteiger partial charge on any atom is 0.303 e. The third-order valence-corrected chi connectivity index (χ3v) is 6.29. The first-order chi connectivity index (χ1) is 13.4. The van der Waals surface area contributed by atoms with Gasteiger partial charge in [-0.25, -0.2) is 0 Å². The van der Waals surface area contributed by atoms with Gasteiger partial charge < -0.3 is 30.3 Å². The number of carboxylic acid groups (broad SMARTS) is 1. The Balaban J connectivity index is 1.94. The number of carbonyl (C=O) groups is 1. The molecule has 0 spiro atoms. The molecular weight excluding hydrogens is 376 g/mol. The van der Waals surface area contributed by atoms with E-state index in [0.29, 0.717) is 12.8 Å². The van der Waals surface area contributed by atoms with Gasteiger partial charge in [0.2, 0.25) is 5.79 Å². The monoisotopic (exact) mass is 408 g/mol. The quantitative estimate of drug-likeness (QED) is 0.497. The third kappa shape index (κ3) is 4.34. The van der Waals surface area contributed by atoms with Gasteiger partial charge in [-0.05, 0) is 54.7 Å². The van der Waals surface area contributed by atoms with Gasteiger partial charge in [-0.1, -0.05) is 32.0 Å². The van der Waals surface area contributed by atoms with Crippen molar-refractivity contribution >= 4 is 5.97 Å². The van der Waals surface area contributed by atoms with Crippen LogP contribution in [0.1, 0.15) is 62.6 Å². The van der Waals surface area contributed by atoms with Crippen molar-refractivity contribution < 1.29 is 35.1 Å². The number of ether oxygens (including phenoxy) is 1. The molecule has 0 radical (unpaired) electrons. The fourth-order valence-corrected chi connectivity index (χ4v) is 4.85. The number of hydrogen-bond donors (Lipinski definition) is 5. The highest BCUT2D eigenvalue weighted by Crippen LogP contribution is 2.45. The molecule has 1 heterocycles. The first kappa shape index (κ1) is 22.2. The lowest BCUT2D eigenvalue weighted by Crippen LogP contribution is -2.66. The van der Waals surface area contributed by atoms with Crippen LogP contribution in [0.5, 0.6) is 0 Å². The van der Waals surface area contributed by atoms with Crippen LogP contribution in [0.25, 0.3) is 0 Å². The Kier molecular flexibility index (Phi) is 6.09. The summed E-state index contributed by atoms with van der Waals surface area (Å²) in [6.07, 6.45) is -2.47. The lowest BCUT2D eigenvalue weighted by atomic mass is 9.72. The van der Waals surface area contributed by atoms with Gasteiger partial charge in [-0.3, -0.25) is 4.79 Å². The van der Waals surface area contributed by atoms with Gasteiger partial charge in [-0.2, -0.15) is 0 Å². The number of aliphatic hydroxyl groups excluding tert-OH is 3. The fraction of sp³-hybridized carbons (Fsp3) is 0.682. The van der Waals surface area contributed by atoms with Gasteiger partial charge in [0, 0.05) is 5.92 Å². The summed E-state index contributed by atoms with van der Waals surface area (Å²) in [6.45, 7) is 5.36. The van der Waals surface area contributed by atoms with Crippen LogP contribution in [0.3, 0.4) is 0 Å². The van der Waals surface area contributed by atoms with Crippen LogP contribution in [-0.2, 0) is 22.4 Å². The molecule has 7 nitrogen and oxygen atoms in total. The normalized spacial score (nSPS) is 35.2. The number of fused-ring (bicyclic) bond motifs is 1. The van der Waals surface area contributed by atoms with Crippen molar-refractivity contribution in [3.63, 3.8) is 0 Å². The molecule has 1 aliphatic heterocycles. The average molecular weight is 408 g/mol. The molecular formula is C22H32O7. The summed E-state index contributed by atoms with van der Waals surface area (Å²) < 4.78 is 5.68. The second-order valence-electron chi connectivity index (χ2n) is 9.39. The Morgan fingerprint density at radius 3 is 2.59 bits per heavy atom. The summed E-state index contributed by atoms with van der Waals surface area (Å²) in [4.78, 5) is 11.1. The number of aliphatic hydroxyl groups is 4. The molecule has 5 N–H and O–H groups in total. The molecule has 1 aliphatic carbocycles. The van der Waals surface area contributed by atoms with Crippen LogP contribution < -0.4 is 0 Å². The highest BCUT2D eigenvalue weighted by molar-refractivity contribution is 5.67. The summed E-state index contributed by atoms with van der Waals surface area (Å²) in [5, 5.41) is 51.2. The van der Waals surface area contributed by atoms with E-state index in [1.165, 1.54) is 0 Å². The molecule has 2 aliphatic rings. The van der Waals surface area contributed by atoms with E-state index in [1.807, 2.05) is 32.0 Å². The zero-order chi connectivity index (χ0) is 21.6. The van der Waals surface area contributed by atoms with Crippen molar-refractivity contribution in [2.75, 3.05) is 0 Å². The van der Waals surface area contributed by atoms with Crippen molar-refractivity contribution in [2.24, 2.45) is 5.41 Å². The van der Waals surface area contributed by atoms with E-state index >= 15 is 0 Å². The van der Waals surface area contributed by atoms with Crippen LogP contribution in [0, 0.1) is 5.41 Å². The molecule has 0 aromatic heterocycles. The zero-order valence-electron chi connectivity index (χ0n) is 17.2. The van der Waals surface area contributed by atoms with E-state index in [0.717, 1.165) is 29.5 Å². The Labute approximate surface area is 171 Å². The average Bonchev–Trinajstić information content (AvgIpc) is 2.62. The molecule has 162 valence electrons. The maximum atomic E-state index is 11.3. The zero-order valence-corrected chi connectivity index (χ0v) is 17.2. The number of rotatable bonds is 5.